The minimum Gasteiger partial charge on any atom is -0.455 e. The van der Waals surface area contributed by atoms with E-state index in [0.29, 0.717) is 25.7 Å². The zero-order valence-electron chi connectivity index (χ0n) is 29.8. The molecule has 0 saturated carbocycles. The molecule has 8 atom stereocenters. The van der Waals surface area contributed by atoms with E-state index < -0.39 is 59.3 Å². The first kappa shape index (κ1) is 37.3. The Morgan fingerprint density at radius 2 is 1.81 bits per heavy atom. The molecule has 4 rings (SSSR count). The Bertz CT molecular complexity index is 1360. The molecule has 0 aromatic heterocycles. The summed E-state index contributed by atoms with van der Waals surface area (Å²) in [6, 6.07) is 7.09. The number of ether oxygens (including phenoxy) is 2. The highest BCUT2D eigenvalue weighted by Crippen LogP contribution is 2.59. The number of aliphatic hydroxyl groups is 1. The predicted octanol–water partition coefficient (Wildman–Crippen LogP) is 4.68. The van der Waals surface area contributed by atoms with Crippen LogP contribution in [0, 0.1) is 17.8 Å². The predicted molar refractivity (Wildman–Crippen MR) is 183 cm³/mol. The Labute approximate surface area is 286 Å². The number of likely N-dealkylation sites (N-methyl/N-ethyl adjacent to an activating group) is 1. The van der Waals surface area contributed by atoms with E-state index in [-0.39, 0.29) is 43.2 Å². The van der Waals surface area contributed by atoms with Gasteiger partial charge in [-0.3, -0.25) is 19.2 Å². The third-order valence-electron chi connectivity index (χ3n) is 10.4. The number of carbonyl (C=O) groups excluding carboxylic acids is 4. The molecular weight excluding hydrogens is 610 g/mol. The summed E-state index contributed by atoms with van der Waals surface area (Å²) in [5.41, 5.74) is -1.12. The monoisotopic (exact) mass is 665 g/mol. The van der Waals surface area contributed by atoms with E-state index in [0.717, 1.165) is 5.56 Å². The van der Waals surface area contributed by atoms with Crippen LogP contribution in [0.3, 0.4) is 0 Å². The number of amides is 3. The zero-order valence-corrected chi connectivity index (χ0v) is 29.8. The molecule has 1 N–H and O–H groups in total. The molecule has 1 spiro atoms. The van der Waals surface area contributed by atoms with Crippen molar-refractivity contribution in [3.05, 3.63) is 61.2 Å². The Kier molecular flexibility index (Phi) is 11.6. The number of rotatable bonds is 15. The van der Waals surface area contributed by atoms with Crippen LogP contribution in [0.2, 0.25) is 0 Å². The molecule has 3 aliphatic rings. The molecular formula is C38H55N3O7. The molecule has 10 heteroatoms. The van der Waals surface area contributed by atoms with Gasteiger partial charge in [-0.25, -0.2) is 0 Å². The molecule has 3 aliphatic heterocycles. The summed E-state index contributed by atoms with van der Waals surface area (Å²) in [7, 11) is 1.69. The van der Waals surface area contributed by atoms with Crippen molar-refractivity contribution in [2.75, 3.05) is 20.2 Å². The standard InChI is InChI=1S/C38H55N3O7/c1-10-12-18-29(43)39(9)25(5)32(26-16-14-13-15-17-26)47-36(46)30-28-19-20-38(48-28)31(30)34(44)41(27(23-42)22-24(3)4)33(38)35(45)40(21-11-2)37(6,7)8/h10-11,13-17,24-25,27-28,30-33,42H,1-2,12,18-23H2,3-9H3/t25-,27+,28+,30-,31-,32+,33+,38-/m0/s1. The molecule has 10 nitrogen and oxygen atoms in total. The van der Waals surface area contributed by atoms with Crippen molar-refractivity contribution in [2.45, 2.75) is 115 Å². The van der Waals surface area contributed by atoms with E-state index in [2.05, 4.69) is 13.2 Å². The van der Waals surface area contributed by atoms with Crippen LogP contribution >= 0.6 is 0 Å². The first-order chi connectivity index (χ1) is 22.6. The van der Waals surface area contributed by atoms with E-state index in [1.54, 1.807) is 29.0 Å². The van der Waals surface area contributed by atoms with Crippen LogP contribution < -0.4 is 0 Å². The number of nitrogens with zero attached hydrogens (tertiary/aromatic N) is 3. The van der Waals surface area contributed by atoms with Crippen molar-refractivity contribution in [1.82, 2.24) is 14.7 Å². The van der Waals surface area contributed by atoms with E-state index in [4.69, 9.17) is 9.47 Å². The highest BCUT2D eigenvalue weighted by Gasteiger charge is 2.76. The van der Waals surface area contributed by atoms with Crippen molar-refractivity contribution in [3.8, 4) is 0 Å². The highest BCUT2D eigenvalue weighted by molar-refractivity contribution is 5.98. The molecule has 48 heavy (non-hydrogen) atoms. The van der Waals surface area contributed by atoms with Gasteiger partial charge in [0.15, 0.2) is 0 Å². The fourth-order valence-corrected chi connectivity index (χ4v) is 7.95. The maximum absolute atomic E-state index is 14.7. The lowest BCUT2D eigenvalue weighted by Crippen LogP contribution is -2.61. The maximum Gasteiger partial charge on any atom is 0.313 e. The van der Waals surface area contributed by atoms with Crippen LogP contribution in [0.25, 0.3) is 0 Å². The fourth-order valence-electron chi connectivity index (χ4n) is 7.95. The molecule has 2 bridgehead atoms. The van der Waals surface area contributed by atoms with Gasteiger partial charge in [-0.1, -0.05) is 56.3 Å². The summed E-state index contributed by atoms with van der Waals surface area (Å²) in [5.74, 6) is -3.13. The van der Waals surface area contributed by atoms with Gasteiger partial charge in [0.2, 0.25) is 17.7 Å². The van der Waals surface area contributed by atoms with E-state index >= 15 is 0 Å². The number of likely N-dealkylation sites (tertiary alicyclic amines) is 1. The molecule has 264 valence electrons. The second kappa shape index (κ2) is 14.9. The number of carbonyl (C=O) groups is 4. The number of esters is 1. The van der Waals surface area contributed by atoms with E-state index in [1.807, 2.05) is 71.9 Å². The van der Waals surface area contributed by atoms with Crippen molar-refractivity contribution < 1.29 is 33.8 Å². The van der Waals surface area contributed by atoms with Gasteiger partial charge < -0.3 is 29.3 Å². The second-order valence-electron chi connectivity index (χ2n) is 15.0. The van der Waals surface area contributed by atoms with Gasteiger partial charge in [-0.2, -0.15) is 0 Å². The van der Waals surface area contributed by atoms with Crippen molar-refractivity contribution >= 4 is 23.7 Å². The Morgan fingerprint density at radius 3 is 2.38 bits per heavy atom. The Hall–Kier alpha value is -3.50. The molecule has 3 amide bonds. The third kappa shape index (κ3) is 6.97. The average molecular weight is 666 g/mol. The van der Waals surface area contributed by atoms with Crippen LogP contribution in [-0.2, 0) is 28.7 Å². The summed E-state index contributed by atoms with van der Waals surface area (Å²) in [5, 5.41) is 10.6. The average Bonchev–Trinajstić information content (AvgIpc) is 3.69. The summed E-state index contributed by atoms with van der Waals surface area (Å²) in [6.07, 6.45) is 4.12. The normalized spacial score (nSPS) is 26.5. The van der Waals surface area contributed by atoms with Crippen molar-refractivity contribution in [3.63, 3.8) is 0 Å². The Morgan fingerprint density at radius 1 is 1.15 bits per heavy atom. The molecule has 3 fully saturated rings. The first-order valence-corrected chi connectivity index (χ1v) is 17.3. The van der Waals surface area contributed by atoms with Gasteiger partial charge in [0.05, 0.1) is 36.6 Å². The van der Waals surface area contributed by atoms with Crippen LogP contribution in [0.1, 0.15) is 85.3 Å². The minimum absolute atomic E-state index is 0.104. The van der Waals surface area contributed by atoms with Gasteiger partial charge in [-0.05, 0) is 64.9 Å². The first-order valence-electron chi connectivity index (χ1n) is 17.3. The van der Waals surface area contributed by atoms with Gasteiger partial charge in [0.1, 0.15) is 17.7 Å². The van der Waals surface area contributed by atoms with Crippen LogP contribution in [0.5, 0.6) is 0 Å². The SMILES string of the molecule is C=CCCC(=O)N(C)[C@@H](C)[C@@H](OC(=O)[C@@H]1[C@H]2C(=O)N([C@@H](CO)CC(C)C)[C@H](C(=O)N(CC=C)C(C)(C)C)[C@]23CC[C@H]1O3)c1ccccc1. The quantitative estimate of drug-likeness (QED) is 0.214. The number of fused-ring (bicyclic) bond motifs is 1. The molecule has 1 aromatic rings. The van der Waals surface area contributed by atoms with Gasteiger partial charge >= 0.3 is 5.97 Å². The van der Waals surface area contributed by atoms with Crippen LogP contribution in [0.4, 0.5) is 0 Å². The summed E-state index contributed by atoms with van der Waals surface area (Å²) in [6.45, 7) is 19.1. The largest absolute Gasteiger partial charge is 0.455 e. The van der Waals surface area contributed by atoms with Gasteiger partial charge in [-0.15, -0.1) is 13.2 Å². The molecule has 0 aliphatic carbocycles. The number of benzene rings is 1. The smallest absolute Gasteiger partial charge is 0.313 e. The number of hydrogen-bond donors (Lipinski definition) is 1. The maximum atomic E-state index is 14.7. The Balaban J connectivity index is 1.74. The van der Waals surface area contributed by atoms with Crippen molar-refractivity contribution in [1.29, 1.82) is 0 Å². The number of allylic oxidation sites excluding steroid dienone is 1. The van der Waals surface area contributed by atoms with E-state index in [9.17, 15) is 24.3 Å². The number of hydrogen-bond acceptors (Lipinski definition) is 7. The fraction of sp³-hybridized carbons (Fsp3) is 0.632. The van der Waals surface area contributed by atoms with Crippen LogP contribution in [0.15, 0.2) is 55.6 Å². The van der Waals surface area contributed by atoms with Crippen molar-refractivity contribution in [2.24, 2.45) is 17.8 Å². The topological polar surface area (TPSA) is 117 Å². The molecule has 0 radical (unpaired) electrons. The zero-order chi connectivity index (χ0) is 35.6. The van der Waals surface area contributed by atoms with E-state index in [1.165, 1.54) is 4.90 Å². The van der Waals surface area contributed by atoms with Gasteiger partial charge in [0.25, 0.3) is 0 Å². The highest BCUT2D eigenvalue weighted by atomic mass is 16.6. The number of aliphatic hydroxyl groups excluding tert-OH is 1. The summed E-state index contributed by atoms with van der Waals surface area (Å²) < 4.78 is 13.0. The van der Waals surface area contributed by atoms with Crippen LogP contribution in [-0.4, -0.2) is 99.1 Å². The lowest BCUT2D eigenvalue weighted by atomic mass is 9.70. The van der Waals surface area contributed by atoms with Gasteiger partial charge in [0, 0.05) is 25.6 Å². The minimum atomic E-state index is -1.25. The molecule has 3 saturated heterocycles. The molecule has 1 aromatic carbocycles. The summed E-state index contributed by atoms with van der Waals surface area (Å²) >= 11 is 0. The third-order valence-corrected chi connectivity index (χ3v) is 10.4. The summed E-state index contributed by atoms with van der Waals surface area (Å²) in [4.78, 5) is 61.6. The lowest BCUT2D eigenvalue weighted by Gasteiger charge is -2.43. The molecule has 3 heterocycles. The lowest BCUT2D eigenvalue weighted by molar-refractivity contribution is -0.165. The second-order valence-corrected chi connectivity index (χ2v) is 15.0. The molecule has 0 unspecified atom stereocenters.